The van der Waals surface area contributed by atoms with Crippen LogP contribution in [-0.2, 0) is 9.47 Å². The molecular formula is C15H19NO4. The van der Waals surface area contributed by atoms with Gasteiger partial charge in [0, 0.05) is 27.2 Å². The van der Waals surface area contributed by atoms with E-state index in [1.54, 1.807) is 38.5 Å². The van der Waals surface area contributed by atoms with Gasteiger partial charge in [-0.25, -0.2) is 0 Å². The molecular weight excluding hydrogens is 258 g/mol. The Bertz CT molecular complexity index is 475. The predicted octanol–water partition coefficient (Wildman–Crippen LogP) is 1.93. The Morgan fingerprint density at radius 1 is 1.05 bits per heavy atom. The van der Waals surface area contributed by atoms with Crippen LogP contribution in [0.1, 0.15) is 34.1 Å². The number of rotatable bonds is 6. The van der Waals surface area contributed by atoms with E-state index in [9.17, 15) is 9.59 Å². The molecule has 0 aliphatic carbocycles. The van der Waals surface area contributed by atoms with Gasteiger partial charge in [0.2, 0.25) is 0 Å². The summed E-state index contributed by atoms with van der Waals surface area (Å²) in [5, 5.41) is 0. The standard InChI is InChI=1S/C15H19NO4/c1-10(8-13(19-2)20-3)9-16-14(17)11-6-4-5-7-12(11)15(16)18/h4-7,10,13H,8-9H2,1-3H3. The van der Waals surface area contributed by atoms with Crippen molar-refractivity contribution in [3.63, 3.8) is 0 Å². The number of imide groups is 1. The molecule has 5 heteroatoms. The SMILES string of the molecule is COC(CC(C)CN1C(=O)c2ccccc2C1=O)OC. The van der Waals surface area contributed by atoms with E-state index in [1.807, 2.05) is 6.92 Å². The van der Waals surface area contributed by atoms with Crippen molar-refractivity contribution in [3.05, 3.63) is 35.4 Å². The quantitative estimate of drug-likeness (QED) is 0.589. The molecule has 0 aromatic heterocycles. The van der Waals surface area contributed by atoms with E-state index in [1.165, 1.54) is 4.90 Å². The van der Waals surface area contributed by atoms with Gasteiger partial charge in [0.05, 0.1) is 11.1 Å². The summed E-state index contributed by atoms with van der Waals surface area (Å²) >= 11 is 0. The first-order chi connectivity index (χ1) is 9.58. The fourth-order valence-corrected chi connectivity index (χ4v) is 2.41. The van der Waals surface area contributed by atoms with Crippen molar-refractivity contribution in [2.24, 2.45) is 5.92 Å². The van der Waals surface area contributed by atoms with Crippen LogP contribution in [0.2, 0.25) is 0 Å². The predicted molar refractivity (Wildman–Crippen MR) is 73.4 cm³/mol. The average molecular weight is 277 g/mol. The summed E-state index contributed by atoms with van der Waals surface area (Å²) in [4.78, 5) is 25.7. The van der Waals surface area contributed by atoms with E-state index in [2.05, 4.69) is 0 Å². The molecule has 1 aliphatic heterocycles. The van der Waals surface area contributed by atoms with Gasteiger partial charge in [-0.2, -0.15) is 0 Å². The van der Waals surface area contributed by atoms with Gasteiger partial charge < -0.3 is 9.47 Å². The van der Waals surface area contributed by atoms with Crippen LogP contribution in [0.4, 0.5) is 0 Å². The van der Waals surface area contributed by atoms with Crippen molar-refractivity contribution < 1.29 is 19.1 Å². The van der Waals surface area contributed by atoms with Crippen LogP contribution in [-0.4, -0.2) is 43.8 Å². The molecule has 0 fully saturated rings. The van der Waals surface area contributed by atoms with Gasteiger partial charge in [-0.15, -0.1) is 0 Å². The minimum Gasteiger partial charge on any atom is -0.356 e. The summed E-state index contributed by atoms with van der Waals surface area (Å²) in [6, 6.07) is 6.91. The van der Waals surface area contributed by atoms with Crippen LogP contribution in [0.5, 0.6) is 0 Å². The maximum absolute atomic E-state index is 12.2. The number of methoxy groups -OCH3 is 2. The van der Waals surface area contributed by atoms with E-state index in [0.717, 1.165) is 0 Å². The first-order valence-electron chi connectivity index (χ1n) is 6.59. The first kappa shape index (κ1) is 14.7. The second-order valence-corrected chi connectivity index (χ2v) is 5.01. The third-order valence-corrected chi connectivity index (χ3v) is 3.49. The van der Waals surface area contributed by atoms with Crippen molar-refractivity contribution in [2.45, 2.75) is 19.6 Å². The summed E-state index contributed by atoms with van der Waals surface area (Å²) in [6.07, 6.45) is 0.306. The second-order valence-electron chi connectivity index (χ2n) is 5.01. The van der Waals surface area contributed by atoms with Crippen LogP contribution < -0.4 is 0 Å². The minimum absolute atomic E-state index is 0.0992. The lowest BCUT2D eigenvalue weighted by molar-refractivity contribution is -0.113. The molecule has 108 valence electrons. The van der Waals surface area contributed by atoms with E-state index < -0.39 is 0 Å². The highest BCUT2D eigenvalue weighted by atomic mass is 16.7. The molecule has 1 heterocycles. The molecule has 1 unspecified atom stereocenters. The van der Waals surface area contributed by atoms with Gasteiger partial charge in [0.15, 0.2) is 6.29 Å². The monoisotopic (exact) mass is 277 g/mol. The highest BCUT2D eigenvalue weighted by molar-refractivity contribution is 6.21. The molecule has 1 aliphatic rings. The van der Waals surface area contributed by atoms with Crippen LogP contribution in [0, 0.1) is 5.92 Å². The number of amides is 2. The number of benzene rings is 1. The number of hydrogen-bond donors (Lipinski definition) is 0. The Morgan fingerprint density at radius 3 is 2.00 bits per heavy atom. The molecule has 0 N–H and O–H groups in total. The average Bonchev–Trinajstić information content (AvgIpc) is 2.70. The highest BCUT2D eigenvalue weighted by Crippen LogP contribution is 2.24. The highest BCUT2D eigenvalue weighted by Gasteiger charge is 2.35. The smallest absolute Gasteiger partial charge is 0.261 e. The zero-order valence-electron chi connectivity index (χ0n) is 12.0. The molecule has 2 rings (SSSR count). The Balaban J connectivity index is 2.05. The van der Waals surface area contributed by atoms with E-state index in [0.29, 0.717) is 24.1 Å². The number of carbonyl (C=O) groups excluding carboxylic acids is 2. The van der Waals surface area contributed by atoms with Gasteiger partial charge in [-0.3, -0.25) is 14.5 Å². The Labute approximate surface area is 118 Å². The molecule has 1 atom stereocenters. The van der Waals surface area contributed by atoms with Crippen molar-refractivity contribution in [2.75, 3.05) is 20.8 Å². The van der Waals surface area contributed by atoms with Crippen molar-refractivity contribution in [1.29, 1.82) is 0 Å². The number of fused-ring (bicyclic) bond motifs is 1. The number of ether oxygens (including phenoxy) is 2. The van der Waals surface area contributed by atoms with Gasteiger partial charge in [0.25, 0.3) is 11.8 Å². The van der Waals surface area contributed by atoms with Crippen LogP contribution in [0.25, 0.3) is 0 Å². The summed E-state index contributed by atoms with van der Waals surface area (Å²) in [5.41, 5.74) is 0.972. The Morgan fingerprint density at radius 2 is 1.55 bits per heavy atom. The van der Waals surface area contributed by atoms with Crippen molar-refractivity contribution in [3.8, 4) is 0 Å². The van der Waals surface area contributed by atoms with Crippen molar-refractivity contribution >= 4 is 11.8 Å². The van der Waals surface area contributed by atoms with E-state index in [4.69, 9.17) is 9.47 Å². The second kappa shape index (κ2) is 6.15. The zero-order chi connectivity index (χ0) is 14.7. The lowest BCUT2D eigenvalue weighted by Crippen LogP contribution is -2.35. The fraction of sp³-hybridized carbons (Fsp3) is 0.467. The van der Waals surface area contributed by atoms with Gasteiger partial charge in [-0.1, -0.05) is 19.1 Å². The summed E-state index contributed by atoms with van der Waals surface area (Å²) in [6.45, 7) is 2.34. The van der Waals surface area contributed by atoms with Gasteiger partial charge in [-0.05, 0) is 18.1 Å². The maximum atomic E-state index is 12.2. The van der Waals surface area contributed by atoms with Crippen LogP contribution >= 0.6 is 0 Å². The zero-order valence-corrected chi connectivity index (χ0v) is 12.0. The number of hydrogen-bond acceptors (Lipinski definition) is 4. The molecule has 0 radical (unpaired) electrons. The largest absolute Gasteiger partial charge is 0.356 e. The lowest BCUT2D eigenvalue weighted by atomic mass is 10.1. The topological polar surface area (TPSA) is 55.8 Å². The number of nitrogens with zero attached hydrogens (tertiary/aromatic N) is 1. The third kappa shape index (κ3) is 2.73. The lowest BCUT2D eigenvalue weighted by Gasteiger charge is -2.22. The van der Waals surface area contributed by atoms with Gasteiger partial charge in [0.1, 0.15) is 0 Å². The normalized spacial score (nSPS) is 15.9. The molecule has 20 heavy (non-hydrogen) atoms. The first-order valence-corrected chi connectivity index (χ1v) is 6.59. The fourth-order valence-electron chi connectivity index (χ4n) is 2.41. The van der Waals surface area contributed by atoms with E-state index in [-0.39, 0.29) is 24.0 Å². The molecule has 0 saturated carbocycles. The van der Waals surface area contributed by atoms with Gasteiger partial charge >= 0.3 is 0 Å². The number of carbonyl (C=O) groups is 2. The molecule has 1 aromatic rings. The van der Waals surface area contributed by atoms with Crippen LogP contribution in [0.3, 0.4) is 0 Å². The molecule has 1 aromatic carbocycles. The molecule has 0 saturated heterocycles. The molecule has 0 spiro atoms. The minimum atomic E-state index is -0.319. The van der Waals surface area contributed by atoms with Crippen LogP contribution in [0.15, 0.2) is 24.3 Å². The summed E-state index contributed by atoms with van der Waals surface area (Å²) in [5.74, 6) is -0.338. The maximum Gasteiger partial charge on any atom is 0.261 e. The van der Waals surface area contributed by atoms with E-state index >= 15 is 0 Å². The molecule has 2 amide bonds. The Kier molecular flexibility index (Phi) is 4.52. The summed E-state index contributed by atoms with van der Waals surface area (Å²) in [7, 11) is 3.14. The third-order valence-electron chi connectivity index (χ3n) is 3.49. The Hall–Kier alpha value is -1.72. The molecule has 0 bridgehead atoms. The summed E-state index contributed by atoms with van der Waals surface area (Å²) < 4.78 is 10.3. The van der Waals surface area contributed by atoms with Crippen molar-refractivity contribution in [1.82, 2.24) is 4.90 Å². The molecule has 5 nitrogen and oxygen atoms in total.